The van der Waals surface area contributed by atoms with E-state index in [0.29, 0.717) is 12.1 Å². The number of carboxylic acids is 1. The lowest BCUT2D eigenvalue weighted by Gasteiger charge is -2.08. The van der Waals surface area contributed by atoms with E-state index in [4.69, 9.17) is 5.11 Å². The molecule has 0 unspecified atom stereocenters. The van der Waals surface area contributed by atoms with Gasteiger partial charge in [-0.15, -0.1) is 11.3 Å². The normalized spacial score (nSPS) is 10.3. The molecular formula is C15H17N3O3S. The molecule has 0 aliphatic carbocycles. The molecule has 0 atom stereocenters. The summed E-state index contributed by atoms with van der Waals surface area (Å²) >= 11 is 1.42. The maximum Gasteiger partial charge on any atom is 0.324 e. The molecule has 116 valence electrons. The first kappa shape index (κ1) is 16.0. The van der Waals surface area contributed by atoms with Crippen LogP contribution in [0.4, 0.5) is 15.5 Å². The van der Waals surface area contributed by atoms with Crippen LogP contribution in [0.3, 0.4) is 0 Å². The van der Waals surface area contributed by atoms with Crippen molar-refractivity contribution >= 4 is 34.0 Å². The molecule has 6 nitrogen and oxygen atoms in total. The highest BCUT2D eigenvalue weighted by Crippen LogP contribution is 2.23. The monoisotopic (exact) mass is 319 g/mol. The molecule has 1 aromatic carbocycles. The van der Waals surface area contributed by atoms with Crippen LogP contribution in [-0.2, 0) is 11.2 Å². The molecule has 0 saturated carbocycles. The van der Waals surface area contributed by atoms with E-state index in [-0.39, 0.29) is 12.5 Å². The van der Waals surface area contributed by atoms with Gasteiger partial charge < -0.3 is 10.4 Å². The van der Waals surface area contributed by atoms with Gasteiger partial charge in [-0.2, -0.15) is 0 Å². The number of hydrogen-bond acceptors (Lipinski definition) is 4. The number of urea groups is 1. The molecule has 0 fully saturated rings. The molecule has 7 heteroatoms. The Morgan fingerprint density at radius 1 is 1.27 bits per heavy atom. The van der Waals surface area contributed by atoms with Crippen molar-refractivity contribution in [3.63, 3.8) is 0 Å². The minimum atomic E-state index is -0.841. The Bertz CT molecular complexity index is 697. The number of amides is 2. The maximum absolute atomic E-state index is 12.0. The van der Waals surface area contributed by atoms with E-state index >= 15 is 0 Å². The van der Waals surface area contributed by atoms with Crippen molar-refractivity contribution in [2.75, 3.05) is 10.6 Å². The Morgan fingerprint density at radius 3 is 2.68 bits per heavy atom. The van der Waals surface area contributed by atoms with Crippen LogP contribution in [0.1, 0.15) is 22.7 Å². The molecule has 22 heavy (non-hydrogen) atoms. The van der Waals surface area contributed by atoms with Crippen LogP contribution in [-0.4, -0.2) is 22.1 Å². The van der Waals surface area contributed by atoms with Crippen LogP contribution in [0.15, 0.2) is 24.3 Å². The third-order valence-electron chi connectivity index (χ3n) is 2.94. The van der Waals surface area contributed by atoms with Gasteiger partial charge in [-0.05, 0) is 38.0 Å². The maximum atomic E-state index is 12.0. The first-order valence-electron chi connectivity index (χ1n) is 6.77. The Balaban J connectivity index is 1.98. The summed E-state index contributed by atoms with van der Waals surface area (Å²) in [5.74, 6) is -0.841. The topological polar surface area (TPSA) is 91.3 Å². The summed E-state index contributed by atoms with van der Waals surface area (Å²) < 4.78 is 0. The van der Waals surface area contributed by atoms with Crippen molar-refractivity contribution in [1.29, 1.82) is 0 Å². The number of aromatic nitrogens is 1. The van der Waals surface area contributed by atoms with Crippen molar-refractivity contribution in [2.45, 2.75) is 26.7 Å². The molecule has 3 N–H and O–H groups in total. The van der Waals surface area contributed by atoms with E-state index in [1.807, 2.05) is 19.9 Å². The van der Waals surface area contributed by atoms with Gasteiger partial charge in [-0.25, -0.2) is 9.78 Å². The van der Waals surface area contributed by atoms with Crippen molar-refractivity contribution in [3.8, 4) is 0 Å². The van der Waals surface area contributed by atoms with Crippen molar-refractivity contribution in [1.82, 2.24) is 4.98 Å². The summed E-state index contributed by atoms with van der Waals surface area (Å²) in [6.45, 7) is 3.72. The first-order chi connectivity index (χ1) is 10.4. The summed E-state index contributed by atoms with van der Waals surface area (Å²) in [4.78, 5) is 26.8. The fourth-order valence-electron chi connectivity index (χ4n) is 1.97. The zero-order valence-electron chi connectivity index (χ0n) is 12.3. The predicted molar refractivity (Wildman–Crippen MR) is 86.6 cm³/mol. The average molecular weight is 319 g/mol. The number of thiazole rings is 1. The van der Waals surface area contributed by atoms with Crippen LogP contribution >= 0.6 is 11.3 Å². The highest BCUT2D eigenvalue weighted by Gasteiger charge is 2.09. The van der Waals surface area contributed by atoms with Gasteiger partial charge in [0, 0.05) is 12.1 Å². The third kappa shape index (κ3) is 4.56. The molecule has 2 rings (SSSR count). The lowest BCUT2D eigenvalue weighted by atomic mass is 10.1. The highest BCUT2D eigenvalue weighted by atomic mass is 32.1. The fraction of sp³-hybridized carbons (Fsp3) is 0.267. The van der Waals surface area contributed by atoms with E-state index in [1.165, 1.54) is 11.3 Å². The smallest absolute Gasteiger partial charge is 0.324 e. The third-order valence-corrected chi connectivity index (χ3v) is 3.93. The molecule has 2 amide bonds. The minimum absolute atomic E-state index is 0.0645. The number of carbonyl (C=O) groups is 2. The number of hydrogen-bond donors (Lipinski definition) is 3. The van der Waals surface area contributed by atoms with Crippen LogP contribution < -0.4 is 10.6 Å². The molecule has 1 aromatic heterocycles. The SMILES string of the molecule is Cc1nc(C)c(NC(=O)Nc2cccc(CCC(=O)O)c2)s1. The molecule has 0 aliphatic heterocycles. The highest BCUT2D eigenvalue weighted by molar-refractivity contribution is 7.16. The van der Waals surface area contributed by atoms with Gasteiger partial charge in [0.2, 0.25) is 0 Å². The summed E-state index contributed by atoms with van der Waals surface area (Å²) in [5.41, 5.74) is 2.28. The van der Waals surface area contributed by atoms with Gasteiger partial charge in [0.25, 0.3) is 0 Å². The van der Waals surface area contributed by atoms with Gasteiger partial charge in [0.15, 0.2) is 0 Å². The van der Waals surface area contributed by atoms with E-state index in [0.717, 1.165) is 21.3 Å². The number of nitrogens with one attached hydrogen (secondary N) is 2. The zero-order chi connectivity index (χ0) is 16.1. The van der Waals surface area contributed by atoms with Crippen LogP contribution in [0, 0.1) is 13.8 Å². The number of rotatable bonds is 5. The molecule has 2 aromatic rings. The quantitative estimate of drug-likeness (QED) is 0.787. The van der Waals surface area contributed by atoms with Crippen molar-refractivity contribution < 1.29 is 14.7 Å². The van der Waals surface area contributed by atoms with Crippen LogP contribution in [0.2, 0.25) is 0 Å². The first-order valence-corrected chi connectivity index (χ1v) is 7.58. The second-order valence-electron chi connectivity index (χ2n) is 4.82. The molecule has 1 heterocycles. The standard InChI is InChI=1S/C15H17N3O3S/c1-9-14(22-10(2)16-9)18-15(21)17-12-5-3-4-11(8-12)6-7-13(19)20/h3-5,8H,6-7H2,1-2H3,(H,19,20)(H2,17,18,21). The Labute approximate surface area is 132 Å². The second-order valence-corrected chi connectivity index (χ2v) is 6.02. The van der Waals surface area contributed by atoms with E-state index in [2.05, 4.69) is 15.6 Å². The summed E-state index contributed by atoms with van der Waals surface area (Å²) in [5, 5.41) is 15.8. The van der Waals surface area contributed by atoms with Gasteiger partial charge in [0.1, 0.15) is 5.00 Å². The molecule has 0 radical (unpaired) electrons. The van der Waals surface area contributed by atoms with Gasteiger partial charge in [-0.1, -0.05) is 12.1 Å². The lowest BCUT2D eigenvalue weighted by molar-refractivity contribution is -0.136. The average Bonchev–Trinajstić information content (AvgIpc) is 2.75. The van der Waals surface area contributed by atoms with Gasteiger partial charge in [-0.3, -0.25) is 10.1 Å². The Kier molecular flexibility index (Phi) is 5.11. The fourth-order valence-corrected chi connectivity index (χ4v) is 2.78. The number of aliphatic carboxylic acids is 1. The molecule has 0 saturated heterocycles. The van der Waals surface area contributed by atoms with Crippen molar-refractivity contribution in [3.05, 3.63) is 40.5 Å². The predicted octanol–water partition coefficient (Wildman–Crippen LogP) is 3.42. The number of carbonyl (C=O) groups excluding carboxylic acids is 1. The molecule has 0 aliphatic rings. The number of aryl methyl sites for hydroxylation is 3. The van der Waals surface area contributed by atoms with Gasteiger partial charge in [0.05, 0.1) is 10.7 Å². The summed E-state index contributed by atoms with van der Waals surface area (Å²) in [6.07, 6.45) is 0.495. The number of nitrogens with zero attached hydrogens (tertiary/aromatic N) is 1. The summed E-state index contributed by atoms with van der Waals surface area (Å²) in [7, 11) is 0. The molecule has 0 bridgehead atoms. The molecule has 0 spiro atoms. The van der Waals surface area contributed by atoms with E-state index < -0.39 is 5.97 Å². The zero-order valence-corrected chi connectivity index (χ0v) is 13.2. The minimum Gasteiger partial charge on any atom is -0.481 e. The van der Waals surface area contributed by atoms with Crippen molar-refractivity contribution in [2.24, 2.45) is 0 Å². The Morgan fingerprint density at radius 2 is 2.05 bits per heavy atom. The molecular weight excluding hydrogens is 302 g/mol. The van der Waals surface area contributed by atoms with E-state index in [1.54, 1.807) is 18.2 Å². The van der Waals surface area contributed by atoms with Crippen LogP contribution in [0.25, 0.3) is 0 Å². The van der Waals surface area contributed by atoms with Gasteiger partial charge >= 0.3 is 12.0 Å². The lowest BCUT2D eigenvalue weighted by Crippen LogP contribution is -2.19. The Hall–Kier alpha value is -2.41. The number of anilines is 2. The van der Waals surface area contributed by atoms with E-state index in [9.17, 15) is 9.59 Å². The largest absolute Gasteiger partial charge is 0.481 e. The number of carboxylic acid groups (broad SMARTS) is 1. The number of benzene rings is 1. The second kappa shape index (κ2) is 7.04. The van der Waals surface area contributed by atoms with Crippen LogP contribution in [0.5, 0.6) is 0 Å². The summed E-state index contributed by atoms with van der Waals surface area (Å²) in [6, 6.07) is 6.81.